The quantitative estimate of drug-likeness (QED) is 0.645. The molecule has 0 unspecified atom stereocenters. The van der Waals surface area contributed by atoms with Crippen LogP contribution in [0.3, 0.4) is 0 Å². The van der Waals surface area contributed by atoms with E-state index < -0.39 is 0 Å². The zero-order valence-corrected chi connectivity index (χ0v) is 11.6. The molecule has 1 heterocycles. The van der Waals surface area contributed by atoms with Crippen molar-refractivity contribution in [2.75, 3.05) is 19.6 Å². The van der Waals surface area contributed by atoms with E-state index in [-0.39, 0.29) is 16.9 Å². The number of ether oxygens (including phenoxy) is 3. The van der Waals surface area contributed by atoms with Crippen LogP contribution in [0.25, 0.3) is 0 Å². The minimum atomic E-state index is 0.171. The van der Waals surface area contributed by atoms with E-state index in [4.69, 9.17) is 31.7 Å². The third kappa shape index (κ3) is 3.19. The molecule has 1 aromatic heterocycles. The van der Waals surface area contributed by atoms with E-state index in [0.717, 1.165) is 0 Å². The van der Waals surface area contributed by atoms with E-state index in [1.165, 1.54) is 6.20 Å². The highest BCUT2D eigenvalue weighted by Crippen LogP contribution is 2.32. The van der Waals surface area contributed by atoms with Crippen molar-refractivity contribution in [3.05, 3.63) is 29.4 Å². The summed E-state index contributed by atoms with van der Waals surface area (Å²) in [5.41, 5.74) is 2.32. The largest absolute Gasteiger partial charge is 0.496 e. The van der Waals surface area contributed by atoms with Crippen molar-refractivity contribution < 1.29 is 14.2 Å². The maximum absolute atomic E-state index is 5.97. The number of aromatic nitrogens is 2. The fraction of sp³-hybridized carbons (Fsp3) is 0.167. The van der Waals surface area contributed by atoms with E-state index in [2.05, 4.69) is 15.4 Å². The Morgan fingerprint density at radius 2 is 1.70 bits per heavy atom. The summed E-state index contributed by atoms with van der Waals surface area (Å²) < 4.78 is 15.9. The van der Waals surface area contributed by atoms with Crippen LogP contribution in [0.4, 0.5) is 5.95 Å². The summed E-state index contributed by atoms with van der Waals surface area (Å²) in [5, 5.41) is 0.255. The molecule has 7 nitrogen and oxygen atoms in total. The van der Waals surface area contributed by atoms with Crippen LogP contribution in [0.2, 0.25) is 5.02 Å². The molecule has 0 spiro atoms. The molecule has 0 aliphatic heterocycles. The molecule has 0 bridgehead atoms. The molecule has 0 fully saturated rings. The van der Waals surface area contributed by atoms with E-state index >= 15 is 0 Å². The zero-order valence-electron chi connectivity index (χ0n) is 10.9. The normalized spacial score (nSPS) is 10.0. The highest BCUT2D eigenvalue weighted by molar-refractivity contribution is 6.31. The van der Waals surface area contributed by atoms with Gasteiger partial charge < -0.3 is 14.2 Å². The van der Waals surface area contributed by atoms with Gasteiger partial charge >= 0.3 is 0 Å². The molecule has 1 aromatic carbocycles. The summed E-state index contributed by atoms with van der Waals surface area (Å²) in [7, 11) is 3.10. The van der Waals surface area contributed by atoms with Crippen LogP contribution in [0.15, 0.2) is 24.4 Å². The third-order valence-electron chi connectivity index (χ3n) is 2.38. The van der Waals surface area contributed by atoms with Gasteiger partial charge in [0.15, 0.2) is 0 Å². The van der Waals surface area contributed by atoms with Gasteiger partial charge in [-0.1, -0.05) is 11.6 Å². The van der Waals surface area contributed by atoms with Crippen molar-refractivity contribution in [1.82, 2.24) is 9.97 Å². The molecule has 0 saturated carbocycles. The molecule has 0 radical (unpaired) electrons. The number of anilines is 1. The standard InChI is InChI=1S/C12H13ClN4O3/c1-18-7-3-8(19-2)5-9(4-7)20-11-10(13)6-15-12(16-11)17-14/h3-6H,14H2,1-2H3,(H,15,16,17). The molecule has 0 aliphatic carbocycles. The summed E-state index contributed by atoms with van der Waals surface area (Å²) in [6.45, 7) is 0. The summed E-state index contributed by atoms with van der Waals surface area (Å²) >= 11 is 5.97. The first-order chi connectivity index (χ1) is 9.66. The minimum Gasteiger partial charge on any atom is -0.496 e. The van der Waals surface area contributed by atoms with Crippen molar-refractivity contribution >= 4 is 17.5 Å². The number of halogens is 1. The van der Waals surface area contributed by atoms with E-state index in [0.29, 0.717) is 17.2 Å². The summed E-state index contributed by atoms with van der Waals surface area (Å²) in [5.74, 6) is 7.24. The SMILES string of the molecule is COc1cc(OC)cc(Oc2nc(NN)ncc2Cl)c1. The Morgan fingerprint density at radius 3 is 2.25 bits per heavy atom. The highest BCUT2D eigenvalue weighted by Gasteiger charge is 2.10. The van der Waals surface area contributed by atoms with Crippen molar-refractivity contribution in [1.29, 1.82) is 0 Å². The number of hydrazine groups is 1. The number of nitrogens with two attached hydrogens (primary N) is 1. The van der Waals surface area contributed by atoms with Gasteiger partial charge in [0.05, 0.1) is 20.4 Å². The molecule has 106 valence electrons. The fourth-order valence-electron chi connectivity index (χ4n) is 1.44. The van der Waals surface area contributed by atoms with Crippen LogP contribution in [0, 0.1) is 0 Å². The first kappa shape index (κ1) is 14.2. The molecule has 2 aromatic rings. The monoisotopic (exact) mass is 296 g/mol. The van der Waals surface area contributed by atoms with E-state index in [1.54, 1.807) is 32.4 Å². The third-order valence-corrected chi connectivity index (χ3v) is 2.64. The molecule has 0 aliphatic rings. The van der Waals surface area contributed by atoms with Crippen molar-refractivity contribution in [2.24, 2.45) is 5.84 Å². The number of nitrogens with one attached hydrogen (secondary N) is 1. The fourth-order valence-corrected chi connectivity index (χ4v) is 1.57. The number of nitrogen functional groups attached to an aromatic ring is 1. The maximum Gasteiger partial charge on any atom is 0.243 e. The van der Waals surface area contributed by atoms with Gasteiger partial charge in [-0.05, 0) is 0 Å². The molecule has 0 atom stereocenters. The molecular formula is C12H13ClN4O3. The molecule has 0 amide bonds. The number of benzene rings is 1. The lowest BCUT2D eigenvalue weighted by molar-refractivity contribution is 0.385. The predicted molar refractivity (Wildman–Crippen MR) is 74.5 cm³/mol. The van der Waals surface area contributed by atoms with Crippen LogP contribution in [0.1, 0.15) is 0 Å². The molecule has 0 saturated heterocycles. The maximum atomic E-state index is 5.97. The Morgan fingerprint density at radius 1 is 1.10 bits per heavy atom. The minimum absolute atomic E-state index is 0.171. The topological polar surface area (TPSA) is 91.5 Å². The van der Waals surface area contributed by atoms with Crippen LogP contribution in [0.5, 0.6) is 23.1 Å². The second-order valence-electron chi connectivity index (χ2n) is 3.64. The highest BCUT2D eigenvalue weighted by atomic mass is 35.5. The lowest BCUT2D eigenvalue weighted by Crippen LogP contribution is -2.10. The Kier molecular flexibility index (Phi) is 4.44. The van der Waals surface area contributed by atoms with Crippen molar-refractivity contribution in [3.8, 4) is 23.1 Å². The first-order valence-corrected chi connectivity index (χ1v) is 5.94. The molecule has 3 N–H and O–H groups in total. The Labute approximate surface area is 120 Å². The summed E-state index contributed by atoms with van der Waals surface area (Å²) in [6.07, 6.45) is 1.39. The van der Waals surface area contributed by atoms with Gasteiger partial charge in [0.1, 0.15) is 22.3 Å². The number of hydrogen-bond donors (Lipinski definition) is 2. The molecular weight excluding hydrogens is 284 g/mol. The first-order valence-electron chi connectivity index (χ1n) is 5.56. The lowest BCUT2D eigenvalue weighted by Gasteiger charge is -2.10. The summed E-state index contributed by atoms with van der Waals surface area (Å²) in [4.78, 5) is 7.87. The second-order valence-corrected chi connectivity index (χ2v) is 4.05. The molecule has 8 heteroatoms. The zero-order chi connectivity index (χ0) is 14.5. The Hall–Kier alpha value is -2.25. The van der Waals surface area contributed by atoms with Crippen LogP contribution in [-0.4, -0.2) is 24.2 Å². The second kappa shape index (κ2) is 6.27. The van der Waals surface area contributed by atoms with Crippen molar-refractivity contribution in [2.45, 2.75) is 0 Å². The van der Waals surface area contributed by atoms with Gasteiger partial charge in [-0.2, -0.15) is 4.98 Å². The Balaban J connectivity index is 2.33. The lowest BCUT2D eigenvalue weighted by atomic mass is 10.3. The van der Waals surface area contributed by atoms with Gasteiger partial charge in [-0.25, -0.2) is 10.8 Å². The number of hydrogen-bond acceptors (Lipinski definition) is 7. The number of nitrogens with zero attached hydrogens (tertiary/aromatic N) is 2. The molecule has 20 heavy (non-hydrogen) atoms. The van der Waals surface area contributed by atoms with E-state index in [1.807, 2.05) is 0 Å². The van der Waals surface area contributed by atoms with Crippen LogP contribution in [-0.2, 0) is 0 Å². The van der Waals surface area contributed by atoms with Gasteiger partial charge in [-0.15, -0.1) is 0 Å². The number of methoxy groups -OCH3 is 2. The number of rotatable bonds is 5. The van der Waals surface area contributed by atoms with Crippen LogP contribution >= 0.6 is 11.6 Å². The van der Waals surface area contributed by atoms with Crippen molar-refractivity contribution in [3.63, 3.8) is 0 Å². The smallest absolute Gasteiger partial charge is 0.243 e. The predicted octanol–water partition coefficient (Wildman–Crippen LogP) is 2.23. The van der Waals surface area contributed by atoms with Crippen LogP contribution < -0.4 is 25.5 Å². The average Bonchev–Trinajstić information content (AvgIpc) is 2.49. The average molecular weight is 297 g/mol. The van der Waals surface area contributed by atoms with E-state index in [9.17, 15) is 0 Å². The van der Waals surface area contributed by atoms with Gasteiger partial charge in [0.2, 0.25) is 11.8 Å². The van der Waals surface area contributed by atoms with Gasteiger partial charge in [-0.3, -0.25) is 5.43 Å². The Bertz CT molecular complexity index is 587. The van der Waals surface area contributed by atoms with Gasteiger partial charge in [0.25, 0.3) is 0 Å². The summed E-state index contributed by atoms with van der Waals surface area (Å²) in [6, 6.07) is 5.08. The van der Waals surface area contributed by atoms with Gasteiger partial charge in [0, 0.05) is 18.2 Å². The molecule has 2 rings (SSSR count).